The molecule has 1 N–H and O–H groups in total. The molecule has 3 nitrogen and oxygen atoms in total. The lowest BCUT2D eigenvalue weighted by molar-refractivity contribution is -0.128. The van der Waals surface area contributed by atoms with Crippen LogP contribution < -0.4 is 5.32 Å². The highest BCUT2D eigenvalue weighted by Gasteiger charge is 2.07. The normalized spacial score (nSPS) is 10.2. The van der Waals surface area contributed by atoms with Crippen molar-refractivity contribution >= 4 is 34.8 Å². The summed E-state index contributed by atoms with van der Waals surface area (Å²) in [5, 5.41) is 4.13. The van der Waals surface area contributed by atoms with E-state index < -0.39 is 0 Å². The standard InChI is InChI=1S/C13H18Cl2N2O/c1-3-4-5-17(2)13(18)9-16-12-7-10(14)6-11(15)8-12/h6-8,16H,3-5,9H2,1-2H3. The molecule has 0 saturated carbocycles. The Balaban J connectivity index is 2.46. The summed E-state index contributed by atoms with van der Waals surface area (Å²) in [6.45, 7) is 3.13. The van der Waals surface area contributed by atoms with Gasteiger partial charge in [-0.15, -0.1) is 0 Å². The zero-order valence-corrected chi connectivity index (χ0v) is 12.2. The molecule has 0 heterocycles. The van der Waals surface area contributed by atoms with Gasteiger partial charge in [-0.1, -0.05) is 36.5 Å². The molecule has 0 aliphatic heterocycles. The fourth-order valence-electron chi connectivity index (χ4n) is 1.49. The van der Waals surface area contributed by atoms with E-state index in [9.17, 15) is 4.79 Å². The Labute approximate surface area is 118 Å². The van der Waals surface area contributed by atoms with Crippen molar-refractivity contribution in [1.29, 1.82) is 0 Å². The number of nitrogens with zero attached hydrogens (tertiary/aromatic N) is 1. The van der Waals surface area contributed by atoms with E-state index in [0.717, 1.165) is 25.1 Å². The van der Waals surface area contributed by atoms with Crippen LogP contribution in [0.3, 0.4) is 0 Å². The maximum atomic E-state index is 11.8. The van der Waals surface area contributed by atoms with Crippen LogP contribution in [0.5, 0.6) is 0 Å². The van der Waals surface area contributed by atoms with Gasteiger partial charge in [-0.25, -0.2) is 0 Å². The van der Waals surface area contributed by atoms with Crippen LogP contribution in [0.25, 0.3) is 0 Å². The third-order valence-electron chi connectivity index (χ3n) is 2.58. The number of benzene rings is 1. The number of rotatable bonds is 6. The number of halogens is 2. The summed E-state index contributed by atoms with van der Waals surface area (Å²) in [6, 6.07) is 5.14. The Hall–Kier alpha value is -0.930. The molecule has 0 bridgehead atoms. The highest BCUT2D eigenvalue weighted by molar-refractivity contribution is 6.35. The van der Waals surface area contributed by atoms with Gasteiger partial charge in [0.1, 0.15) is 0 Å². The van der Waals surface area contributed by atoms with Crippen molar-refractivity contribution in [3.8, 4) is 0 Å². The lowest BCUT2D eigenvalue weighted by Gasteiger charge is -2.17. The molecule has 0 spiro atoms. The molecule has 1 aromatic rings. The second-order valence-electron chi connectivity index (χ2n) is 4.18. The van der Waals surface area contributed by atoms with E-state index in [1.54, 1.807) is 23.1 Å². The van der Waals surface area contributed by atoms with Gasteiger partial charge in [0.15, 0.2) is 0 Å². The van der Waals surface area contributed by atoms with Crippen LogP contribution in [-0.2, 0) is 4.79 Å². The molecule has 0 atom stereocenters. The monoisotopic (exact) mass is 288 g/mol. The van der Waals surface area contributed by atoms with Gasteiger partial charge in [0.05, 0.1) is 6.54 Å². The molecule has 18 heavy (non-hydrogen) atoms. The molecular weight excluding hydrogens is 271 g/mol. The Morgan fingerprint density at radius 2 is 1.89 bits per heavy atom. The van der Waals surface area contributed by atoms with E-state index in [2.05, 4.69) is 12.2 Å². The van der Waals surface area contributed by atoms with E-state index in [1.165, 1.54) is 0 Å². The van der Waals surface area contributed by atoms with Crippen LogP contribution >= 0.6 is 23.2 Å². The van der Waals surface area contributed by atoms with Gasteiger partial charge in [-0.2, -0.15) is 0 Å². The lowest BCUT2D eigenvalue weighted by atomic mass is 10.3. The van der Waals surface area contributed by atoms with Gasteiger partial charge in [-0.3, -0.25) is 4.79 Å². The first-order valence-corrected chi connectivity index (χ1v) is 6.72. The van der Waals surface area contributed by atoms with Crippen molar-refractivity contribution in [3.63, 3.8) is 0 Å². The minimum absolute atomic E-state index is 0.0551. The predicted octanol–water partition coefficient (Wildman–Crippen LogP) is 3.66. The number of unbranched alkanes of at least 4 members (excludes halogenated alkanes) is 1. The first kappa shape index (κ1) is 15.1. The summed E-state index contributed by atoms with van der Waals surface area (Å²) >= 11 is 11.8. The van der Waals surface area contributed by atoms with Gasteiger partial charge < -0.3 is 10.2 Å². The summed E-state index contributed by atoms with van der Waals surface area (Å²) in [5.41, 5.74) is 0.754. The number of anilines is 1. The van der Waals surface area contributed by atoms with Crippen molar-refractivity contribution in [2.45, 2.75) is 19.8 Å². The smallest absolute Gasteiger partial charge is 0.241 e. The average Bonchev–Trinajstić information content (AvgIpc) is 2.31. The third kappa shape index (κ3) is 5.15. The zero-order valence-electron chi connectivity index (χ0n) is 10.7. The number of carbonyl (C=O) groups excluding carboxylic acids is 1. The van der Waals surface area contributed by atoms with E-state index in [1.807, 2.05) is 7.05 Å². The Bertz CT molecular complexity index is 390. The summed E-state index contributed by atoms with van der Waals surface area (Å²) in [7, 11) is 1.81. The molecular formula is C13H18Cl2N2O. The van der Waals surface area contributed by atoms with Crippen molar-refractivity contribution < 1.29 is 4.79 Å². The topological polar surface area (TPSA) is 32.3 Å². The zero-order chi connectivity index (χ0) is 13.5. The van der Waals surface area contributed by atoms with Crippen molar-refractivity contribution in [2.24, 2.45) is 0 Å². The van der Waals surface area contributed by atoms with Crippen molar-refractivity contribution in [1.82, 2.24) is 4.90 Å². The summed E-state index contributed by atoms with van der Waals surface area (Å²) in [4.78, 5) is 13.5. The van der Waals surface area contributed by atoms with Gasteiger partial charge in [0.25, 0.3) is 0 Å². The second-order valence-corrected chi connectivity index (χ2v) is 5.05. The highest BCUT2D eigenvalue weighted by atomic mass is 35.5. The minimum Gasteiger partial charge on any atom is -0.376 e. The van der Waals surface area contributed by atoms with Crippen LogP contribution in [0.2, 0.25) is 10.0 Å². The van der Waals surface area contributed by atoms with Gasteiger partial charge >= 0.3 is 0 Å². The largest absolute Gasteiger partial charge is 0.376 e. The molecule has 5 heteroatoms. The van der Waals surface area contributed by atoms with Gasteiger partial charge in [-0.05, 0) is 24.6 Å². The van der Waals surface area contributed by atoms with Gasteiger partial charge in [0.2, 0.25) is 5.91 Å². The molecule has 0 saturated heterocycles. The highest BCUT2D eigenvalue weighted by Crippen LogP contribution is 2.22. The van der Waals surface area contributed by atoms with E-state index in [-0.39, 0.29) is 12.5 Å². The maximum absolute atomic E-state index is 11.8. The molecule has 0 aromatic heterocycles. The lowest BCUT2D eigenvalue weighted by Crippen LogP contribution is -2.32. The van der Waals surface area contributed by atoms with Crippen molar-refractivity contribution in [2.75, 3.05) is 25.5 Å². The summed E-state index contributed by atoms with van der Waals surface area (Å²) in [5.74, 6) is 0.0551. The Morgan fingerprint density at radius 3 is 2.44 bits per heavy atom. The van der Waals surface area contributed by atoms with E-state index in [0.29, 0.717) is 10.0 Å². The molecule has 1 amide bonds. The first-order valence-electron chi connectivity index (χ1n) is 5.97. The number of carbonyl (C=O) groups is 1. The van der Waals surface area contributed by atoms with Crippen LogP contribution in [0.15, 0.2) is 18.2 Å². The van der Waals surface area contributed by atoms with E-state index in [4.69, 9.17) is 23.2 Å². The third-order valence-corrected chi connectivity index (χ3v) is 3.02. The molecule has 0 aliphatic carbocycles. The van der Waals surface area contributed by atoms with Gasteiger partial charge in [0, 0.05) is 29.3 Å². The number of hydrogen-bond donors (Lipinski definition) is 1. The molecule has 0 radical (unpaired) electrons. The summed E-state index contributed by atoms with van der Waals surface area (Å²) < 4.78 is 0. The van der Waals surface area contributed by atoms with Crippen LogP contribution in [0, 0.1) is 0 Å². The first-order chi connectivity index (χ1) is 8.52. The molecule has 1 aromatic carbocycles. The summed E-state index contributed by atoms with van der Waals surface area (Å²) in [6.07, 6.45) is 2.10. The van der Waals surface area contributed by atoms with Crippen LogP contribution in [0.1, 0.15) is 19.8 Å². The molecule has 0 aliphatic rings. The Morgan fingerprint density at radius 1 is 1.28 bits per heavy atom. The molecule has 0 fully saturated rings. The average molecular weight is 289 g/mol. The minimum atomic E-state index is 0.0551. The van der Waals surface area contributed by atoms with Crippen LogP contribution in [-0.4, -0.2) is 30.9 Å². The SMILES string of the molecule is CCCCN(C)C(=O)CNc1cc(Cl)cc(Cl)c1. The number of amides is 1. The fourth-order valence-corrected chi connectivity index (χ4v) is 2.01. The number of nitrogens with one attached hydrogen (secondary N) is 1. The van der Waals surface area contributed by atoms with Crippen LogP contribution in [0.4, 0.5) is 5.69 Å². The number of hydrogen-bond acceptors (Lipinski definition) is 2. The predicted molar refractivity (Wildman–Crippen MR) is 77.5 cm³/mol. The quantitative estimate of drug-likeness (QED) is 0.866. The van der Waals surface area contributed by atoms with E-state index >= 15 is 0 Å². The molecule has 100 valence electrons. The Kier molecular flexibility index (Phi) is 6.30. The van der Waals surface area contributed by atoms with Crippen molar-refractivity contribution in [3.05, 3.63) is 28.2 Å². The molecule has 0 unspecified atom stereocenters. The second kappa shape index (κ2) is 7.49. The fraction of sp³-hybridized carbons (Fsp3) is 0.462. The number of likely N-dealkylation sites (N-methyl/N-ethyl adjacent to an activating group) is 1. The maximum Gasteiger partial charge on any atom is 0.241 e. The molecule has 1 rings (SSSR count).